The molecular weight excluding hydrogens is 386 g/mol. The first kappa shape index (κ1) is 19.8. The van der Waals surface area contributed by atoms with E-state index < -0.39 is 7.25 Å². The average Bonchev–Trinajstić information content (AvgIpc) is 3.26. The van der Waals surface area contributed by atoms with Gasteiger partial charge in [0.1, 0.15) is 0 Å². The highest BCUT2D eigenvalue weighted by atomic mass is 35.5. The molecule has 1 aromatic heterocycles. The molecule has 3 rings (SSSR count). The molecule has 1 aliphatic rings. The molecule has 0 amide bonds. The number of aliphatic imine (C=N–C) groups is 1. The molecule has 0 saturated heterocycles. The lowest BCUT2D eigenvalue weighted by molar-refractivity contribution is 0.260. The Hall–Kier alpha value is -1.99. The summed E-state index contributed by atoms with van der Waals surface area (Å²) in [6.45, 7) is 1.93. The van der Waals surface area contributed by atoms with Crippen LogP contribution in [0, 0.1) is 0 Å². The molecule has 140 valence electrons. The Kier molecular flexibility index (Phi) is 6.12. The van der Waals surface area contributed by atoms with Crippen LogP contribution in [0.4, 0.5) is 0 Å². The Morgan fingerprint density at radius 2 is 1.67 bits per heavy atom. The molecule has 0 saturated carbocycles. The molecular formula is C19H19BCl2N2O3. The van der Waals surface area contributed by atoms with Crippen molar-refractivity contribution in [2.75, 3.05) is 21.3 Å². The van der Waals surface area contributed by atoms with Gasteiger partial charge in [-0.25, -0.2) is 0 Å². The van der Waals surface area contributed by atoms with Crippen molar-refractivity contribution in [3.63, 3.8) is 0 Å². The number of allylic oxidation sites excluding steroid dienone is 2. The summed E-state index contributed by atoms with van der Waals surface area (Å²) in [5.41, 5.74) is 3.85. The smallest absolute Gasteiger partial charge is 0.483 e. The zero-order valence-electron chi connectivity index (χ0n) is 15.5. The second-order valence-electron chi connectivity index (χ2n) is 5.85. The number of ether oxygens (including phenoxy) is 1. The SMILES string of the molecule is COB(OC)n1c(OC)ccc1/C(=C1/C=CC(C)=N1)c1c(Cl)cccc1Cl. The molecule has 1 aromatic carbocycles. The van der Waals surface area contributed by atoms with Gasteiger partial charge >= 0.3 is 7.25 Å². The number of hydrogen-bond acceptors (Lipinski definition) is 4. The van der Waals surface area contributed by atoms with Crippen molar-refractivity contribution in [1.82, 2.24) is 4.48 Å². The normalized spacial score (nSPS) is 15.1. The van der Waals surface area contributed by atoms with Crippen molar-refractivity contribution < 1.29 is 14.0 Å². The molecule has 27 heavy (non-hydrogen) atoms. The number of aromatic nitrogens is 1. The summed E-state index contributed by atoms with van der Waals surface area (Å²) in [7, 11) is 4.01. The van der Waals surface area contributed by atoms with E-state index in [2.05, 4.69) is 4.99 Å². The summed E-state index contributed by atoms with van der Waals surface area (Å²) >= 11 is 13.1. The Balaban J connectivity index is 2.36. The molecule has 0 atom stereocenters. The van der Waals surface area contributed by atoms with Gasteiger partial charge in [-0.15, -0.1) is 0 Å². The molecule has 0 aliphatic carbocycles. The summed E-state index contributed by atoms with van der Waals surface area (Å²) in [5, 5.41) is 1.05. The topological polar surface area (TPSA) is 45.0 Å². The van der Waals surface area contributed by atoms with Gasteiger partial charge in [0.2, 0.25) is 0 Å². The van der Waals surface area contributed by atoms with Gasteiger partial charge in [0, 0.05) is 36.8 Å². The minimum atomic E-state index is -0.697. The number of rotatable bonds is 6. The maximum atomic E-state index is 6.54. The fourth-order valence-corrected chi connectivity index (χ4v) is 3.64. The van der Waals surface area contributed by atoms with Gasteiger partial charge in [-0.1, -0.05) is 29.3 Å². The number of methoxy groups -OCH3 is 1. The first-order valence-corrected chi connectivity index (χ1v) is 9.00. The largest absolute Gasteiger partial charge is 0.599 e. The highest BCUT2D eigenvalue weighted by Gasteiger charge is 2.30. The summed E-state index contributed by atoms with van der Waals surface area (Å²) in [4.78, 5) is 4.64. The zero-order valence-corrected chi connectivity index (χ0v) is 17.0. The molecule has 2 heterocycles. The van der Waals surface area contributed by atoms with Crippen molar-refractivity contribution in [1.29, 1.82) is 0 Å². The first-order chi connectivity index (χ1) is 13.0. The maximum absolute atomic E-state index is 6.54. The summed E-state index contributed by atoms with van der Waals surface area (Å²) in [6, 6.07) is 9.15. The molecule has 0 fully saturated rings. The van der Waals surface area contributed by atoms with Gasteiger partial charge in [0.05, 0.1) is 22.9 Å². The highest BCUT2D eigenvalue weighted by molar-refractivity contribution is 6.44. The fourth-order valence-electron chi connectivity index (χ4n) is 3.05. The van der Waals surface area contributed by atoms with Gasteiger partial charge in [-0.05, 0) is 43.3 Å². The molecule has 0 unspecified atom stereocenters. The molecule has 5 nitrogen and oxygen atoms in total. The van der Waals surface area contributed by atoms with Crippen LogP contribution < -0.4 is 4.74 Å². The van der Waals surface area contributed by atoms with E-state index in [9.17, 15) is 0 Å². The Morgan fingerprint density at radius 1 is 1.00 bits per heavy atom. The van der Waals surface area contributed by atoms with Crippen LogP contribution in [0.15, 0.2) is 53.2 Å². The monoisotopic (exact) mass is 404 g/mol. The minimum absolute atomic E-state index is 0.524. The summed E-state index contributed by atoms with van der Waals surface area (Å²) < 4.78 is 18.2. The van der Waals surface area contributed by atoms with Crippen molar-refractivity contribution in [2.45, 2.75) is 6.92 Å². The van der Waals surface area contributed by atoms with Gasteiger partial charge in [0.25, 0.3) is 0 Å². The minimum Gasteiger partial charge on any atom is -0.483 e. The summed E-state index contributed by atoms with van der Waals surface area (Å²) in [6.07, 6.45) is 3.87. The second-order valence-corrected chi connectivity index (χ2v) is 6.67. The lowest BCUT2D eigenvalue weighted by Crippen LogP contribution is -2.31. The predicted molar refractivity (Wildman–Crippen MR) is 111 cm³/mol. The van der Waals surface area contributed by atoms with E-state index in [-0.39, 0.29) is 0 Å². The predicted octanol–water partition coefficient (Wildman–Crippen LogP) is 4.72. The Morgan fingerprint density at radius 3 is 2.19 bits per heavy atom. The Bertz CT molecular complexity index is 926. The van der Waals surface area contributed by atoms with Crippen LogP contribution in [0.2, 0.25) is 10.0 Å². The van der Waals surface area contributed by atoms with Crippen molar-refractivity contribution >= 4 is 41.7 Å². The van der Waals surface area contributed by atoms with E-state index in [0.29, 0.717) is 21.5 Å². The third-order valence-corrected chi connectivity index (χ3v) is 4.84. The summed E-state index contributed by atoms with van der Waals surface area (Å²) in [5.74, 6) is 0.572. The third kappa shape index (κ3) is 3.71. The van der Waals surface area contributed by atoms with Crippen LogP contribution in [0.25, 0.3) is 5.57 Å². The van der Waals surface area contributed by atoms with Gasteiger partial charge in [-0.3, -0.25) is 4.99 Å². The fraction of sp³-hybridized carbons (Fsp3) is 0.211. The average molecular weight is 405 g/mol. The van der Waals surface area contributed by atoms with Crippen LogP contribution in [0.3, 0.4) is 0 Å². The van der Waals surface area contributed by atoms with E-state index in [1.54, 1.807) is 37.9 Å². The number of halogens is 2. The van der Waals surface area contributed by atoms with Crippen LogP contribution in [0.5, 0.6) is 5.88 Å². The van der Waals surface area contributed by atoms with Gasteiger partial charge in [-0.2, -0.15) is 0 Å². The van der Waals surface area contributed by atoms with Crippen LogP contribution in [0.1, 0.15) is 18.2 Å². The zero-order chi connectivity index (χ0) is 19.6. The lowest BCUT2D eigenvalue weighted by Gasteiger charge is -2.20. The standard InChI is InChI=1S/C19H19BCl2N2O3/c1-12-8-9-15(23-12)19(18-13(21)6-5-7-14(18)22)16-10-11-17(25-2)24(16)20(26-3)27-4/h5-11H,1-4H3/b19-15+. The second kappa shape index (κ2) is 8.36. The lowest BCUT2D eigenvalue weighted by atomic mass is 9.97. The number of hydrogen-bond donors (Lipinski definition) is 0. The molecule has 0 spiro atoms. The molecule has 0 N–H and O–H groups in total. The quantitative estimate of drug-likeness (QED) is 0.654. The highest BCUT2D eigenvalue weighted by Crippen LogP contribution is 2.40. The van der Waals surface area contributed by atoms with E-state index in [4.69, 9.17) is 37.2 Å². The number of nitrogens with zero attached hydrogens (tertiary/aromatic N) is 2. The van der Waals surface area contributed by atoms with Gasteiger partial charge < -0.3 is 18.5 Å². The number of benzene rings is 1. The van der Waals surface area contributed by atoms with E-state index in [0.717, 1.165) is 22.7 Å². The van der Waals surface area contributed by atoms with Crippen molar-refractivity contribution in [3.8, 4) is 5.88 Å². The van der Waals surface area contributed by atoms with Crippen molar-refractivity contribution in [2.24, 2.45) is 4.99 Å². The van der Waals surface area contributed by atoms with Crippen LogP contribution in [-0.4, -0.2) is 38.8 Å². The van der Waals surface area contributed by atoms with Gasteiger partial charge in [0.15, 0.2) is 5.88 Å². The molecule has 1 aliphatic heterocycles. The first-order valence-electron chi connectivity index (χ1n) is 8.25. The Labute approximate surface area is 169 Å². The molecule has 2 aromatic rings. The molecule has 0 bridgehead atoms. The van der Waals surface area contributed by atoms with Crippen molar-refractivity contribution in [3.05, 3.63) is 69.5 Å². The van der Waals surface area contributed by atoms with Crippen LogP contribution in [-0.2, 0) is 9.31 Å². The molecule has 8 heteroatoms. The van der Waals surface area contributed by atoms with E-state index in [1.807, 2.05) is 37.3 Å². The van der Waals surface area contributed by atoms with E-state index in [1.165, 1.54) is 0 Å². The maximum Gasteiger partial charge on any atom is 0.599 e. The molecule has 0 radical (unpaired) electrons. The van der Waals surface area contributed by atoms with E-state index >= 15 is 0 Å². The van der Waals surface area contributed by atoms with Crippen LogP contribution >= 0.6 is 23.2 Å². The third-order valence-electron chi connectivity index (χ3n) is 4.21.